The minimum atomic E-state index is -0.144. The summed E-state index contributed by atoms with van der Waals surface area (Å²) in [6, 6.07) is 26.0. The van der Waals surface area contributed by atoms with E-state index in [-0.39, 0.29) is 29.4 Å². The van der Waals surface area contributed by atoms with E-state index in [2.05, 4.69) is 19.1 Å². The van der Waals surface area contributed by atoms with Crippen LogP contribution in [0.1, 0.15) is 34.8 Å². The van der Waals surface area contributed by atoms with Gasteiger partial charge in [-0.15, -0.1) is 11.8 Å². The number of ether oxygens (including phenoxy) is 1. The SMILES string of the molecule is COc1ccc(-n2nc(-c3ccccc3)c3c2N(CC(=O)N2CCCC2)C(=O)CS[C@H]3c2ccccc2C)cc1. The predicted molar refractivity (Wildman–Crippen MR) is 159 cm³/mol. The monoisotopic (exact) mass is 552 g/mol. The van der Waals surface area contributed by atoms with Gasteiger partial charge in [-0.2, -0.15) is 5.10 Å². The topological polar surface area (TPSA) is 67.7 Å². The van der Waals surface area contributed by atoms with Crippen molar-refractivity contribution in [3.8, 4) is 22.7 Å². The van der Waals surface area contributed by atoms with Crippen molar-refractivity contribution >= 4 is 29.4 Å². The Morgan fingerprint density at radius 2 is 1.68 bits per heavy atom. The molecule has 7 nitrogen and oxygen atoms in total. The zero-order valence-electron chi connectivity index (χ0n) is 22.7. The Balaban J connectivity index is 1.60. The predicted octanol–water partition coefficient (Wildman–Crippen LogP) is 5.65. The highest BCUT2D eigenvalue weighted by atomic mass is 32.2. The summed E-state index contributed by atoms with van der Waals surface area (Å²) >= 11 is 1.60. The van der Waals surface area contributed by atoms with E-state index < -0.39 is 0 Å². The van der Waals surface area contributed by atoms with E-state index in [1.165, 1.54) is 0 Å². The Kier molecular flexibility index (Phi) is 7.34. The van der Waals surface area contributed by atoms with E-state index in [0.29, 0.717) is 5.82 Å². The first-order chi connectivity index (χ1) is 19.5. The number of rotatable bonds is 6. The van der Waals surface area contributed by atoms with Gasteiger partial charge in [-0.1, -0.05) is 54.6 Å². The molecule has 0 spiro atoms. The van der Waals surface area contributed by atoms with Gasteiger partial charge in [0.05, 0.1) is 29.5 Å². The van der Waals surface area contributed by atoms with Crippen LogP contribution in [0.3, 0.4) is 0 Å². The Morgan fingerprint density at radius 3 is 2.38 bits per heavy atom. The van der Waals surface area contributed by atoms with Crippen molar-refractivity contribution in [3.63, 3.8) is 0 Å². The molecule has 2 aliphatic rings. The molecule has 1 fully saturated rings. The second-order valence-corrected chi connectivity index (χ2v) is 11.3. The summed E-state index contributed by atoms with van der Waals surface area (Å²) in [5.41, 5.74) is 5.80. The second-order valence-electron chi connectivity index (χ2n) is 10.2. The zero-order valence-corrected chi connectivity index (χ0v) is 23.6. The Morgan fingerprint density at radius 1 is 0.975 bits per heavy atom. The van der Waals surface area contributed by atoms with Crippen LogP contribution < -0.4 is 9.64 Å². The highest BCUT2D eigenvalue weighted by molar-refractivity contribution is 8.00. The third kappa shape index (κ3) is 4.88. The average molecular weight is 553 g/mol. The number of likely N-dealkylation sites (tertiary alicyclic amines) is 1. The first-order valence-corrected chi connectivity index (χ1v) is 14.7. The molecule has 3 aromatic carbocycles. The van der Waals surface area contributed by atoms with Crippen molar-refractivity contribution in [2.45, 2.75) is 25.0 Å². The maximum absolute atomic E-state index is 13.9. The Labute approximate surface area is 238 Å². The molecule has 1 aromatic heterocycles. The summed E-state index contributed by atoms with van der Waals surface area (Å²) in [6.07, 6.45) is 2.00. The smallest absolute Gasteiger partial charge is 0.242 e. The van der Waals surface area contributed by atoms with Crippen molar-refractivity contribution in [2.24, 2.45) is 0 Å². The highest BCUT2D eigenvalue weighted by Crippen LogP contribution is 2.49. The molecule has 0 radical (unpaired) electrons. The zero-order chi connectivity index (χ0) is 27.6. The molecule has 2 amide bonds. The van der Waals surface area contributed by atoms with E-state index >= 15 is 0 Å². The fourth-order valence-electron chi connectivity index (χ4n) is 5.56. The van der Waals surface area contributed by atoms with Crippen molar-refractivity contribution in [3.05, 3.63) is 95.6 Å². The largest absolute Gasteiger partial charge is 0.497 e. The second kappa shape index (κ2) is 11.2. The molecule has 4 aromatic rings. The lowest BCUT2D eigenvalue weighted by Gasteiger charge is -2.25. The molecule has 8 heteroatoms. The summed E-state index contributed by atoms with van der Waals surface area (Å²) in [6.45, 7) is 3.57. The van der Waals surface area contributed by atoms with E-state index in [9.17, 15) is 9.59 Å². The molecule has 204 valence electrons. The number of aromatic nitrogens is 2. The summed E-state index contributed by atoms with van der Waals surface area (Å²) in [4.78, 5) is 30.9. The summed E-state index contributed by atoms with van der Waals surface area (Å²) in [5, 5.41) is 5.02. The van der Waals surface area contributed by atoms with Gasteiger partial charge in [-0.05, 0) is 55.2 Å². The van der Waals surface area contributed by atoms with Gasteiger partial charge in [-0.3, -0.25) is 14.5 Å². The number of thioether (sulfide) groups is 1. The lowest BCUT2D eigenvalue weighted by atomic mass is 9.97. The third-order valence-electron chi connectivity index (χ3n) is 7.68. The van der Waals surface area contributed by atoms with Gasteiger partial charge in [0.1, 0.15) is 18.1 Å². The van der Waals surface area contributed by atoms with Crippen LogP contribution in [0.5, 0.6) is 5.75 Å². The van der Waals surface area contributed by atoms with E-state index in [4.69, 9.17) is 9.84 Å². The molecule has 1 saturated heterocycles. The minimum Gasteiger partial charge on any atom is -0.497 e. The number of anilines is 1. The molecular formula is C32H32N4O3S. The number of aryl methyl sites for hydroxylation is 1. The van der Waals surface area contributed by atoms with E-state index in [1.54, 1.807) is 23.8 Å². The van der Waals surface area contributed by atoms with Gasteiger partial charge >= 0.3 is 0 Å². The highest BCUT2D eigenvalue weighted by Gasteiger charge is 2.38. The van der Waals surface area contributed by atoms with Crippen LogP contribution in [0.25, 0.3) is 16.9 Å². The number of hydrogen-bond donors (Lipinski definition) is 0. The molecule has 6 rings (SSSR count). The van der Waals surface area contributed by atoms with Crippen LogP contribution in [-0.4, -0.2) is 59.0 Å². The van der Waals surface area contributed by atoms with Gasteiger partial charge < -0.3 is 9.64 Å². The minimum absolute atomic E-state index is 0.0109. The van der Waals surface area contributed by atoms with Gasteiger partial charge in [0, 0.05) is 24.2 Å². The molecule has 0 bridgehead atoms. The summed E-state index contributed by atoms with van der Waals surface area (Å²) in [7, 11) is 1.64. The van der Waals surface area contributed by atoms with Crippen LogP contribution in [-0.2, 0) is 9.59 Å². The van der Waals surface area contributed by atoms with Gasteiger partial charge in [0.25, 0.3) is 0 Å². The normalized spacial score (nSPS) is 17.1. The maximum Gasteiger partial charge on any atom is 0.242 e. The standard InChI is InChI=1S/C32H32N4O3S/c1-22-10-6-7-13-26(22)31-29-30(23-11-4-3-5-12-23)33-36(24-14-16-25(39-2)17-15-24)32(29)35(28(38)21-40-31)20-27(37)34-18-8-9-19-34/h3-7,10-17,31H,8-9,18-21H2,1-2H3/t31-/m0/s1. The molecule has 0 unspecified atom stereocenters. The van der Waals surface area contributed by atoms with Crippen molar-refractivity contribution in [2.75, 3.05) is 37.4 Å². The number of carbonyl (C=O) groups excluding carboxylic acids is 2. The molecule has 40 heavy (non-hydrogen) atoms. The van der Waals surface area contributed by atoms with Gasteiger partial charge in [-0.25, -0.2) is 4.68 Å². The number of amides is 2. The number of benzene rings is 3. The first kappa shape index (κ1) is 26.2. The lowest BCUT2D eigenvalue weighted by molar-refractivity contribution is -0.130. The van der Waals surface area contributed by atoms with Crippen LogP contribution >= 0.6 is 11.8 Å². The molecular weight excluding hydrogens is 520 g/mol. The first-order valence-electron chi connectivity index (χ1n) is 13.6. The number of nitrogens with zero attached hydrogens (tertiary/aromatic N) is 4. The van der Waals surface area contributed by atoms with Gasteiger partial charge in [0.15, 0.2) is 0 Å². The number of carbonyl (C=O) groups is 2. The van der Waals surface area contributed by atoms with Crippen LogP contribution in [0.4, 0.5) is 5.82 Å². The lowest BCUT2D eigenvalue weighted by Crippen LogP contribution is -2.43. The molecule has 2 aliphatic heterocycles. The van der Waals surface area contributed by atoms with Crippen molar-refractivity contribution in [1.82, 2.24) is 14.7 Å². The summed E-state index contributed by atoms with van der Waals surface area (Å²) in [5.74, 6) is 1.53. The quantitative estimate of drug-likeness (QED) is 0.309. The fraction of sp³-hybridized carbons (Fsp3) is 0.281. The number of hydrogen-bond acceptors (Lipinski definition) is 5. The maximum atomic E-state index is 13.9. The molecule has 3 heterocycles. The molecule has 1 atom stereocenters. The van der Waals surface area contributed by atoms with Crippen LogP contribution in [0, 0.1) is 6.92 Å². The van der Waals surface area contributed by atoms with Crippen LogP contribution in [0.15, 0.2) is 78.9 Å². The fourth-order valence-corrected chi connectivity index (χ4v) is 6.85. The van der Waals surface area contributed by atoms with Crippen molar-refractivity contribution in [1.29, 1.82) is 0 Å². The van der Waals surface area contributed by atoms with Crippen molar-refractivity contribution < 1.29 is 14.3 Å². The molecule has 0 N–H and O–H groups in total. The number of fused-ring (bicyclic) bond motifs is 1. The Hall–Kier alpha value is -4.04. The Bertz CT molecular complexity index is 1530. The number of methoxy groups -OCH3 is 1. The average Bonchev–Trinajstić information content (AvgIpc) is 3.64. The van der Waals surface area contributed by atoms with Crippen LogP contribution in [0.2, 0.25) is 0 Å². The molecule has 0 aliphatic carbocycles. The van der Waals surface area contributed by atoms with E-state index in [0.717, 1.165) is 65.3 Å². The third-order valence-corrected chi connectivity index (χ3v) is 8.91. The van der Waals surface area contributed by atoms with E-state index in [1.807, 2.05) is 76.3 Å². The van der Waals surface area contributed by atoms with Gasteiger partial charge in [0.2, 0.25) is 11.8 Å². The summed E-state index contributed by atoms with van der Waals surface area (Å²) < 4.78 is 7.24. The molecule has 0 saturated carbocycles.